The topological polar surface area (TPSA) is 75.6 Å². The van der Waals surface area contributed by atoms with Gasteiger partial charge in [-0.15, -0.1) is 0 Å². The molecule has 0 radical (unpaired) electrons. The Bertz CT molecular complexity index is 427. The fraction of sp³-hybridized carbons (Fsp3) is 0.333. The number of Topliss-reactive ketones (excluding diaryl/α,β-unsaturated/α-hetero) is 1. The van der Waals surface area contributed by atoms with Crippen molar-refractivity contribution in [3.05, 3.63) is 29.8 Å². The molecule has 1 heterocycles. The lowest BCUT2D eigenvalue weighted by Crippen LogP contribution is -2.27. The highest BCUT2D eigenvalue weighted by atomic mass is 16.6. The van der Waals surface area contributed by atoms with Crippen molar-refractivity contribution in [2.24, 2.45) is 0 Å². The van der Waals surface area contributed by atoms with Crippen LogP contribution < -0.4 is 5.32 Å². The lowest BCUT2D eigenvalue weighted by molar-refractivity contribution is -0.139. The summed E-state index contributed by atoms with van der Waals surface area (Å²) >= 11 is 0. The molecule has 0 spiro atoms. The molecule has 1 aliphatic heterocycles. The van der Waals surface area contributed by atoms with Crippen molar-refractivity contribution in [3.63, 3.8) is 0 Å². The normalized spacial score (nSPS) is 19.1. The van der Waals surface area contributed by atoms with Crippen LogP contribution in [0, 0.1) is 0 Å². The van der Waals surface area contributed by atoms with E-state index >= 15 is 0 Å². The summed E-state index contributed by atoms with van der Waals surface area (Å²) in [6.45, 7) is 0.219. The molecule has 0 amide bonds. The SMILES string of the molecule is O=C(CC[C@@H]1NCOC1=O)c1ccc(O)cc1. The van der Waals surface area contributed by atoms with Gasteiger partial charge in [-0.05, 0) is 30.7 Å². The summed E-state index contributed by atoms with van der Waals surface area (Å²) in [5.74, 6) is -0.224. The van der Waals surface area contributed by atoms with E-state index in [4.69, 9.17) is 9.84 Å². The van der Waals surface area contributed by atoms with E-state index in [1.165, 1.54) is 12.1 Å². The number of benzene rings is 1. The molecule has 5 heteroatoms. The zero-order chi connectivity index (χ0) is 12.3. The number of esters is 1. The number of nitrogens with one attached hydrogen (secondary N) is 1. The van der Waals surface area contributed by atoms with Gasteiger partial charge in [0.15, 0.2) is 5.78 Å². The number of hydrogen-bond acceptors (Lipinski definition) is 5. The first kappa shape index (κ1) is 11.6. The van der Waals surface area contributed by atoms with E-state index < -0.39 is 0 Å². The van der Waals surface area contributed by atoms with Crippen molar-refractivity contribution in [1.82, 2.24) is 5.32 Å². The van der Waals surface area contributed by atoms with Crippen molar-refractivity contribution < 1.29 is 19.4 Å². The van der Waals surface area contributed by atoms with E-state index in [9.17, 15) is 9.59 Å². The second-order valence-electron chi connectivity index (χ2n) is 3.87. The molecule has 0 bridgehead atoms. The summed E-state index contributed by atoms with van der Waals surface area (Å²) in [5, 5.41) is 12.0. The standard InChI is InChI=1S/C12H13NO4/c14-9-3-1-8(2-4-9)11(15)6-5-10-12(16)17-7-13-10/h1-4,10,13-14H,5-7H2/t10-/m0/s1. The molecule has 90 valence electrons. The molecule has 1 fully saturated rings. The summed E-state index contributed by atoms with van der Waals surface area (Å²) in [5.41, 5.74) is 0.536. The molecule has 0 unspecified atom stereocenters. The van der Waals surface area contributed by atoms with Gasteiger partial charge < -0.3 is 9.84 Å². The molecule has 0 aromatic heterocycles. The van der Waals surface area contributed by atoms with E-state index in [1.807, 2.05) is 0 Å². The number of ether oxygens (including phenoxy) is 1. The molecule has 0 aliphatic carbocycles. The lowest BCUT2D eigenvalue weighted by atomic mass is 10.0. The quantitative estimate of drug-likeness (QED) is 0.597. The van der Waals surface area contributed by atoms with Crippen molar-refractivity contribution in [3.8, 4) is 5.75 Å². The zero-order valence-electron chi connectivity index (χ0n) is 9.18. The molecule has 1 aromatic carbocycles. The predicted octanol–water partition coefficient (Wildman–Crippen LogP) is 0.828. The monoisotopic (exact) mass is 235 g/mol. The van der Waals surface area contributed by atoms with E-state index in [0.29, 0.717) is 12.0 Å². The zero-order valence-corrected chi connectivity index (χ0v) is 9.18. The Morgan fingerprint density at radius 2 is 2.12 bits per heavy atom. The van der Waals surface area contributed by atoms with E-state index in [2.05, 4.69) is 5.32 Å². The van der Waals surface area contributed by atoms with Gasteiger partial charge in [-0.3, -0.25) is 14.9 Å². The number of rotatable bonds is 4. The second kappa shape index (κ2) is 4.97. The number of cyclic esters (lactones) is 1. The minimum atomic E-state index is -0.379. The van der Waals surface area contributed by atoms with Gasteiger partial charge in [-0.25, -0.2) is 0 Å². The van der Waals surface area contributed by atoms with Gasteiger partial charge in [0.1, 0.15) is 18.5 Å². The number of ketones is 1. The van der Waals surface area contributed by atoms with Gasteiger partial charge in [-0.1, -0.05) is 0 Å². The van der Waals surface area contributed by atoms with Crippen LogP contribution in [0.1, 0.15) is 23.2 Å². The third-order valence-corrected chi connectivity index (χ3v) is 2.68. The molecule has 1 aliphatic rings. The van der Waals surface area contributed by atoms with Crippen molar-refractivity contribution in [1.29, 1.82) is 0 Å². The average Bonchev–Trinajstić information content (AvgIpc) is 2.73. The Balaban J connectivity index is 1.89. The molecular formula is C12H13NO4. The summed E-state index contributed by atoms with van der Waals surface area (Å²) in [6, 6.07) is 5.69. The van der Waals surface area contributed by atoms with Crippen LogP contribution >= 0.6 is 0 Å². The molecule has 1 atom stereocenters. The highest BCUT2D eigenvalue weighted by Crippen LogP contribution is 2.13. The third kappa shape index (κ3) is 2.82. The largest absolute Gasteiger partial charge is 0.508 e. The van der Waals surface area contributed by atoms with E-state index in [-0.39, 0.29) is 36.7 Å². The molecular weight excluding hydrogens is 222 g/mol. The highest BCUT2D eigenvalue weighted by Gasteiger charge is 2.26. The summed E-state index contributed by atoms with van der Waals surface area (Å²) in [6.07, 6.45) is 0.704. The fourth-order valence-corrected chi connectivity index (χ4v) is 1.68. The first-order chi connectivity index (χ1) is 8.16. The van der Waals surface area contributed by atoms with Gasteiger partial charge in [0.05, 0.1) is 0 Å². The summed E-state index contributed by atoms with van der Waals surface area (Å²) in [4.78, 5) is 22.9. The Hall–Kier alpha value is -1.88. The number of hydrogen-bond donors (Lipinski definition) is 2. The van der Waals surface area contributed by atoms with Crippen LogP contribution in [0.3, 0.4) is 0 Å². The van der Waals surface area contributed by atoms with Gasteiger partial charge in [-0.2, -0.15) is 0 Å². The second-order valence-corrected chi connectivity index (χ2v) is 3.87. The minimum absolute atomic E-state index is 0.0495. The van der Waals surface area contributed by atoms with E-state index in [1.54, 1.807) is 12.1 Å². The molecule has 2 N–H and O–H groups in total. The van der Waals surface area contributed by atoms with E-state index in [0.717, 1.165) is 0 Å². The van der Waals surface area contributed by atoms with Crippen LogP contribution in [0.15, 0.2) is 24.3 Å². The number of phenols is 1. The number of phenolic OH excluding ortho intramolecular Hbond substituents is 1. The molecule has 5 nitrogen and oxygen atoms in total. The van der Waals surface area contributed by atoms with Crippen LogP contribution in [0.4, 0.5) is 0 Å². The number of aromatic hydroxyl groups is 1. The van der Waals surface area contributed by atoms with Crippen LogP contribution in [-0.2, 0) is 9.53 Å². The maximum Gasteiger partial charge on any atom is 0.324 e. The Kier molecular flexibility index (Phi) is 3.39. The summed E-state index contributed by atoms with van der Waals surface area (Å²) < 4.78 is 4.72. The summed E-state index contributed by atoms with van der Waals surface area (Å²) in [7, 11) is 0. The first-order valence-electron chi connectivity index (χ1n) is 5.39. The Labute approximate surface area is 98.4 Å². The van der Waals surface area contributed by atoms with Crippen LogP contribution in [0.5, 0.6) is 5.75 Å². The number of carbonyl (C=O) groups excluding carboxylic acids is 2. The van der Waals surface area contributed by atoms with Gasteiger partial charge in [0, 0.05) is 12.0 Å². The molecule has 0 saturated carbocycles. The van der Waals surface area contributed by atoms with Gasteiger partial charge in [0.2, 0.25) is 0 Å². The van der Waals surface area contributed by atoms with Crippen molar-refractivity contribution in [2.75, 3.05) is 6.73 Å². The average molecular weight is 235 g/mol. The molecule has 1 aromatic rings. The van der Waals surface area contributed by atoms with Crippen LogP contribution in [0.2, 0.25) is 0 Å². The van der Waals surface area contributed by atoms with Crippen LogP contribution in [-0.4, -0.2) is 29.6 Å². The first-order valence-corrected chi connectivity index (χ1v) is 5.39. The highest BCUT2D eigenvalue weighted by molar-refractivity contribution is 5.96. The maximum atomic E-state index is 11.8. The maximum absolute atomic E-state index is 11.8. The van der Waals surface area contributed by atoms with Crippen molar-refractivity contribution >= 4 is 11.8 Å². The predicted molar refractivity (Wildman–Crippen MR) is 59.6 cm³/mol. The molecule has 17 heavy (non-hydrogen) atoms. The Morgan fingerprint density at radius 3 is 2.71 bits per heavy atom. The molecule has 1 saturated heterocycles. The minimum Gasteiger partial charge on any atom is -0.508 e. The molecule has 2 rings (SSSR count). The third-order valence-electron chi connectivity index (χ3n) is 2.68. The van der Waals surface area contributed by atoms with Gasteiger partial charge in [0.25, 0.3) is 0 Å². The van der Waals surface area contributed by atoms with Gasteiger partial charge >= 0.3 is 5.97 Å². The smallest absolute Gasteiger partial charge is 0.324 e. The van der Waals surface area contributed by atoms with Crippen molar-refractivity contribution in [2.45, 2.75) is 18.9 Å². The Morgan fingerprint density at radius 1 is 1.41 bits per heavy atom. The van der Waals surface area contributed by atoms with Crippen LogP contribution in [0.25, 0.3) is 0 Å². The fourth-order valence-electron chi connectivity index (χ4n) is 1.68. The lowest BCUT2D eigenvalue weighted by Gasteiger charge is -2.05. The number of carbonyl (C=O) groups is 2.